The number of nitrogens with zero attached hydrogens (tertiary/aromatic N) is 4. The van der Waals surface area contributed by atoms with Crippen LogP contribution in [0.4, 0.5) is 5.82 Å². The highest BCUT2D eigenvalue weighted by molar-refractivity contribution is 7.87. The van der Waals surface area contributed by atoms with Crippen LogP contribution in [0.25, 0.3) is 11.0 Å². The van der Waals surface area contributed by atoms with Crippen LogP contribution in [0.15, 0.2) is 18.6 Å². The summed E-state index contributed by atoms with van der Waals surface area (Å²) in [5.74, 6) is 1.38. The molecule has 2 N–H and O–H groups in total. The first-order valence-electron chi connectivity index (χ1n) is 10.4. The lowest BCUT2D eigenvalue weighted by atomic mass is 9.90. The van der Waals surface area contributed by atoms with Crippen LogP contribution in [0.3, 0.4) is 0 Å². The number of hydrogen-bond donors (Lipinski definition) is 2. The molecule has 3 aliphatic rings. The first-order valence-corrected chi connectivity index (χ1v) is 11.8. The highest BCUT2D eigenvalue weighted by Gasteiger charge is 2.56. The van der Waals surface area contributed by atoms with E-state index in [1.807, 2.05) is 12.3 Å². The normalized spacial score (nSPS) is 23.5. The van der Waals surface area contributed by atoms with E-state index < -0.39 is 10.2 Å². The molecule has 0 bridgehead atoms. The zero-order chi connectivity index (χ0) is 19.2. The summed E-state index contributed by atoms with van der Waals surface area (Å²) in [5, 5.41) is 0.991. The van der Waals surface area contributed by atoms with Gasteiger partial charge in [-0.05, 0) is 37.7 Å². The third-order valence-electron chi connectivity index (χ3n) is 6.62. The van der Waals surface area contributed by atoms with Gasteiger partial charge in [-0.3, -0.25) is 0 Å². The molecule has 2 aliphatic carbocycles. The van der Waals surface area contributed by atoms with Gasteiger partial charge in [0.1, 0.15) is 17.8 Å². The van der Waals surface area contributed by atoms with Gasteiger partial charge in [0.2, 0.25) is 0 Å². The summed E-state index contributed by atoms with van der Waals surface area (Å²) < 4.78 is 30.8. The Labute approximate surface area is 165 Å². The van der Waals surface area contributed by atoms with Crippen molar-refractivity contribution in [2.45, 2.75) is 50.5 Å². The van der Waals surface area contributed by atoms with Crippen LogP contribution in [0.5, 0.6) is 0 Å². The lowest BCUT2D eigenvalue weighted by Gasteiger charge is -2.41. The molecular formula is C19H28N6O2S. The van der Waals surface area contributed by atoms with Gasteiger partial charge in [0.05, 0.1) is 10.9 Å². The summed E-state index contributed by atoms with van der Waals surface area (Å²) in [5.41, 5.74) is 0.531. The Bertz CT molecular complexity index is 948. The maximum Gasteiger partial charge on any atom is 0.280 e. The second kappa shape index (κ2) is 6.96. The van der Waals surface area contributed by atoms with E-state index in [1.54, 1.807) is 10.6 Å². The minimum atomic E-state index is -3.45. The van der Waals surface area contributed by atoms with Gasteiger partial charge in [0.15, 0.2) is 0 Å². The van der Waals surface area contributed by atoms with Gasteiger partial charge < -0.3 is 9.88 Å². The van der Waals surface area contributed by atoms with E-state index >= 15 is 0 Å². The van der Waals surface area contributed by atoms with Crippen LogP contribution in [0.1, 0.15) is 44.9 Å². The number of anilines is 1. The summed E-state index contributed by atoms with van der Waals surface area (Å²) >= 11 is 0. The van der Waals surface area contributed by atoms with Gasteiger partial charge in [0, 0.05) is 32.4 Å². The molecule has 5 rings (SSSR count). The van der Waals surface area contributed by atoms with E-state index in [2.05, 4.69) is 24.6 Å². The lowest BCUT2D eigenvalue weighted by molar-refractivity contribution is 0.264. The SMILES string of the molecule is O=S(=O)(NCC1CCCCC1)N1CCN(c2ncnc3[nH]ccc23)CC12CC2. The van der Waals surface area contributed by atoms with E-state index in [-0.39, 0.29) is 5.54 Å². The van der Waals surface area contributed by atoms with Crippen molar-refractivity contribution in [3.63, 3.8) is 0 Å². The molecule has 0 radical (unpaired) electrons. The van der Waals surface area contributed by atoms with Crippen molar-refractivity contribution in [3.8, 4) is 0 Å². The minimum Gasteiger partial charge on any atom is -0.353 e. The van der Waals surface area contributed by atoms with Crippen molar-refractivity contribution in [2.75, 3.05) is 31.1 Å². The number of piperazine rings is 1. The molecule has 0 amide bonds. The van der Waals surface area contributed by atoms with Gasteiger partial charge in [-0.2, -0.15) is 12.7 Å². The molecule has 1 aliphatic heterocycles. The first-order chi connectivity index (χ1) is 13.6. The third kappa shape index (κ3) is 3.29. The summed E-state index contributed by atoms with van der Waals surface area (Å²) in [7, 11) is -3.45. The Morgan fingerprint density at radius 1 is 1.18 bits per heavy atom. The summed E-state index contributed by atoms with van der Waals surface area (Å²) in [6.45, 7) is 2.41. The highest BCUT2D eigenvalue weighted by atomic mass is 32.2. The Morgan fingerprint density at radius 3 is 2.79 bits per heavy atom. The average molecular weight is 405 g/mol. The largest absolute Gasteiger partial charge is 0.353 e. The quantitative estimate of drug-likeness (QED) is 0.795. The average Bonchev–Trinajstić information content (AvgIpc) is 3.28. The van der Waals surface area contributed by atoms with Crippen molar-refractivity contribution in [1.82, 2.24) is 24.0 Å². The maximum atomic E-state index is 13.1. The number of rotatable bonds is 5. The van der Waals surface area contributed by atoms with Crippen LogP contribution in [-0.4, -0.2) is 59.4 Å². The monoisotopic (exact) mass is 404 g/mol. The molecule has 2 aromatic heterocycles. The van der Waals surface area contributed by atoms with E-state index in [0.29, 0.717) is 32.1 Å². The molecule has 9 heteroatoms. The Hall–Kier alpha value is -1.71. The molecule has 3 heterocycles. The zero-order valence-electron chi connectivity index (χ0n) is 16.1. The molecular weight excluding hydrogens is 376 g/mol. The van der Waals surface area contributed by atoms with Crippen LogP contribution in [-0.2, 0) is 10.2 Å². The van der Waals surface area contributed by atoms with Crippen molar-refractivity contribution < 1.29 is 8.42 Å². The predicted octanol–water partition coefficient (Wildman–Crippen LogP) is 2.03. The van der Waals surface area contributed by atoms with Crippen molar-refractivity contribution in [2.24, 2.45) is 5.92 Å². The van der Waals surface area contributed by atoms with E-state index in [1.165, 1.54) is 19.3 Å². The Morgan fingerprint density at radius 2 is 2.00 bits per heavy atom. The van der Waals surface area contributed by atoms with Crippen LogP contribution < -0.4 is 9.62 Å². The fourth-order valence-corrected chi connectivity index (χ4v) is 6.55. The summed E-state index contributed by atoms with van der Waals surface area (Å²) in [4.78, 5) is 14.1. The molecule has 0 aromatic carbocycles. The predicted molar refractivity (Wildman–Crippen MR) is 108 cm³/mol. The van der Waals surface area contributed by atoms with Gasteiger partial charge in [-0.25, -0.2) is 14.7 Å². The second-order valence-electron chi connectivity index (χ2n) is 8.51. The van der Waals surface area contributed by atoms with Crippen LogP contribution in [0.2, 0.25) is 0 Å². The van der Waals surface area contributed by atoms with Crippen molar-refractivity contribution >= 4 is 27.1 Å². The fourth-order valence-electron chi connectivity index (χ4n) is 4.87. The van der Waals surface area contributed by atoms with E-state index in [9.17, 15) is 8.42 Å². The number of aromatic amines is 1. The molecule has 152 valence electrons. The number of aromatic nitrogens is 3. The number of H-pyrrole nitrogens is 1. The van der Waals surface area contributed by atoms with Gasteiger partial charge >= 0.3 is 0 Å². The van der Waals surface area contributed by atoms with Crippen molar-refractivity contribution in [3.05, 3.63) is 18.6 Å². The zero-order valence-corrected chi connectivity index (χ0v) is 16.9. The van der Waals surface area contributed by atoms with Crippen LogP contribution in [0, 0.1) is 5.92 Å². The fraction of sp³-hybridized carbons (Fsp3) is 0.684. The van der Waals surface area contributed by atoms with E-state index in [4.69, 9.17) is 0 Å². The molecule has 0 unspecified atom stereocenters. The lowest BCUT2D eigenvalue weighted by Crippen LogP contribution is -2.60. The standard InChI is InChI=1S/C19H28N6O2S/c26-28(27,23-12-15-4-2-1-3-5-15)25-11-10-24(13-19(25)7-8-19)18-16-6-9-20-17(16)21-14-22-18/h6,9,14-15,23H,1-5,7-8,10-13H2,(H,20,21,22). The number of nitrogens with one attached hydrogen (secondary N) is 2. The smallest absolute Gasteiger partial charge is 0.280 e. The third-order valence-corrected chi connectivity index (χ3v) is 8.30. The molecule has 2 aromatic rings. The second-order valence-corrected chi connectivity index (χ2v) is 10.2. The molecule has 0 atom stereocenters. The Balaban J connectivity index is 1.30. The molecule has 1 saturated heterocycles. The van der Waals surface area contributed by atoms with Crippen molar-refractivity contribution in [1.29, 1.82) is 0 Å². The minimum absolute atomic E-state index is 0.287. The first kappa shape index (κ1) is 18.3. The maximum absolute atomic E-state index is 13.1. The van der Waals surface area contributed by atoms with Gasteiger partial charge in [-0.15, -0.1) is 0 Å². The highest BCUT2D eigenvalue weighted by Crippen LogP contribution is 2.46. The van der Waals surface area contributed by atoms with Gasteiger partial charge in [-0.1, -0.05) is 19.3 Å². The van der Waals surface area contributed by atoms with Crippen LogP contribution >= 0.6 is 0 Å². The van der Waals surface area contributed by atoms with E-state index in [0.717, 1.165) is 42.5 Å². The molecule has 28 heavy (non-hydrogen) atoms. The molecule has 8 nitrogen and oxygen atoms in total. The molecule has 3 fully saturated rings. The molecule has 2 saturated carbocycles. The summed E-state index contributed by atoms with van der Waals surface area (Å²) in [6, 6.07) is 1.99. The summed E-state index contributed by atoms with van der Waals surface area (Å²) in [6.07, 6.45) is 11.3. The molecule has 1 spiro atoms. The number of hydrogen-bond acceptors (Lipinski definition) is 5. The Kier molecular flexibility index (Phi) is 4.56. The topological polar surface area (TPSA) is 94.2 Å². The van der Waals surface area contributed by atoms with Gasteiger partial charge in [0.25, 0.3) is 10.2 Å². The number of fused-ring (bicyclic) bond motifs is 1.